The molecule has 1 aliphatic rings. The van der Waals surface area contributed by atoms with E-state index in [4.69, 9.17) is 5.11 Å². The van der Waals surface area contributed by atoms with E-state index in [1.165, 1.54) is 0 Å². The summed E-state index contributed by atoms with van der Waals surface area (Å²) in [7, 11) is 0. The number of hydrogen-bond acceptors (Lipinski definition) is 6. The molecule has 0 aliphatic carbocycles. The average molecular weight is 352 g/mol. The maximum absolute atomic E-state index is 10.4. The van der Waals surface area contributed by atoms with Crippen molar-refractivity contribution in [3.05, 3.63) is 53.9 Å². The fourth-order valence-corrected chi connectivity index (χ4v) is 3.11. The molecule has 134 valence electrons. The summed E-state index contributed by atoms with van der Waals surface area (Å²) in [5, 5.41) is 36.0. The first-order chi connectivity index (χ1) is 12.7. The Bertz CT molecular complexity index is 966. The van der Waals surface area contributed by atoms with Crippen molar-refractivity contribution < 1.29 is 15.3 Å². The molecule has 26 heavy (non-hydrogen) atoms. The third-order valence-electron chi connectivity index (χ3n) is 4.46. The zero-order valence-electron chi connectivity index (χ0n) is 14.0. The smallest absolute Gasteiger partial charge is 0.151 e. The molecule has 0 fully saturated rings. The highest BCUT2D eigenvalue weighted by Crippen LogP contribution is 2.37. The van der Waals surface area contributed by atoms with Crippen molar-refractivity contribution in [3.8, 4) is 0 Å². The van der Waals surface area contributed by atoms with Gasteiger partial charge < -0.3 is 30.9 Å². The fourth-order valence-electron chi connectivity index (χ4n) is 3.11. The summed E-state index contributed by atoms with van der Waals surface area (Å²) in [6.45, 7) is -0.0452. The van der Waals surface area contributed by atoms with Crippen LogP contribution in [0, 0.1) is 0 Å². The lowest BCUT2D eigenvalue weighted by atomic mass is 10.0. The normalized spacial score (nSPS) is 18.7. The monoisotopic (exact) mass is 352 g/mol. The molecule has 6 N–H and O–H groups in total. The van der Waals surface area contributed by atoms with E-state index in [2.05, 4.69) is 20.6 Å². The van der Waals surface area contributed by atoms with Crippen molar-refractivity contribution in [1.82, 2.24) is 9.97 Å². The fraction of sp³-hybridized carbons (Fsp3) is 0.211. The van der Waals surface area contributed by atoms with Crippen LogP contribution < -0.4 is 10.6 Å². The lowest BCUT2D eigenvalue weighted by Gasteiger charge is -2.11. The average Bonchev–Trinajstić information content (AvgIpc) is 3.21. The zero-order chi connectivity index (χ0) is 18.1. The largest absolute Gasteiger partial charge is 0.394 e. The molecule has 0 radical (unpaired) electrons. The van der Waals surface area contributed by atoms with Gasteiger partial charge in [0.2, 0.25) is 0 Å². The minimum atomic E-state index is -0.819. The number of aliphatic hydroxyl groups is 3. The van der Waals surface area contributed by atoms with E-state index < -0.39 is 12.3 Å². The van der Waals surface area contributed by atoms with Gasteiger partial charge in [0.25, 0.3) is 0 Å². The van der Waals surface area contributed by atoms with Gasteiger partial charge in [0.15, 0.2) is 6.23 Å². The lowest BCUT2D eigenvalue weighted by Crippen LogP contribution is -2.22. The van der Waals surface area contributed by atoms with Gasteiger partial charge in [-0.05, 0) is 36.4 Å². The number of pyridine rings is 1. The molecule has 2 atom stereocenters. The topological polar surface area (TPSA) is 113 Å². The molecule has 7 heteroatoms. The highest BCUT2D eigenvalue weighted by Gasteiger charge is 2.25. The SMILES string of the molecule is OCC(O)CNc1ccc2c(c1)C(=Cc1c[nH]c3ncccc13)C(O)N2. The Hall–Kier alpha value is -2.87. The molecule has 2 unspecified atom stereocenters. The minimum Gasteiger partial charge on any atom is -0.394 e. The number of H-pyrrole nitrogens is 1. The number of benzene rings is 1. The Balaban J connectivity index is 1.68. The standard InChI is InChI=1S/C19H20N4O3/c24-10-13(25)9-21-12-3-4-17-15(7-12)16(19(26)23-17)6-11-8-22-18-14(11)2-1-5-20-18/h1-8,13,19,21,23-26H,9-10H2,(H,20,22). The summed E-state index contributed by atoms with van der Waals surface area (Å²) in [6.07, 6.45) is 3.92. The maximum atomic E-state index is 10.4. The molecule has 2 aromatic heterocycles. The van der Waals surface area contributed by atoms with Crippen LogP contribution in [0.3, 0.4) is 0 Å². The van der Waals surface area contributed by atoms with Gasteiger partial charge in [-0.25, -0.2) is 4.98 Å². The summed E-state index contributed by atoms with van der Waals surface area (Å²) in [5.41, 5.74) is 5.04. The molecule has 3 heterocycles. The van der Waals surface area contributed by atoms with Gasteiger partial charge in [0.05, 0.1) is 12.7 Å². The van der Waals surface area contributed by atoms with Crippen molar-refractivity contribution in [3.63, 3.8) is 0 Å². The molecule has 0 saturated carbocycles. The number of fused-ring (bicyclic) bond motifs is 2. The number of aliphatic hydroxyl groups excluding tert-OH is 3. The molecule has 0 bridgehead atoms. The molecule has 3 aromatic rings. The molecule has 0 saturated heterocycles. The minimum absolute atomic E-state index is 0.248. The second kappa shape index (κ2) is 6.80. The van der Waals surface area contributed by atoms with E-state index in [0.717, 1.165) is 39.1 Å². The molecule has 1 aliphatic heterocycles. The van der Waals surface area contributed by atoms with Crippen LogP contribution >= 0.6 is 0 Å². The first kappa shape index (κ1) is 16.6. The predicted octanol–water partition coefficient (Wildman–Crippen LogP) is 1.61. The second-order valence-corrected chi connectivity index (χ2v) is 6.27. The molecule has 4 rings (SSSR count). The van der Waals surface area contributed by atoms with E-state index in [1.54, 1.807) is 6.20 Å². The third kappa shape index (κ3) is 3.03. The van der Waals surface area contributed by atoms with Crippen LogP contribution in [0.15, 0.2) is 42.7 Å². The van der Waals surface area contributed by atoms with Gasteiger partial charge in [-0.1, -0.05) is 0 Å². The predicted molar refractivity (Wildman–Crippen MR) is 102 cm³/mol. The van der Waals surface area contributed by atoms with Crippen molar-refractivity contribution in [2.75, 3.05) is 23.8 Å². The summed E-state index contributed by atoms with van der Waals surface area (Å²) < 4.78 is 0. The lowest BCUT2D eigenvalue weighted by molar-refractivity contribution is 0.105. The summed E-state index contributed by atoms with van der Waals surface area (Å²) >= 11 is 0. The van der Waals surface area contributed by atoms with Gasteiger partial charge >= 0.3 is 0 Å². The first-order valence-corrected chi connectivity index (χ1v) is 8.41. The quantitative estimate of drug-likeness (QED) is 0.416. The van der Waals surface area contributed by atoms with Gasteiger partial charge in [-0.2, -0.15) is 0 Å². The Labute approximate surface area is 150 Å². The Morgan fingerprint density at radius 3 is 3.04 bits per heavy atom. The number of aromatic nitrogens is 2. The summed E-state index contributed by atoms with van der Waals surface area (Å²) in [4.78, 5) is 7.42. The van der Waals surface area contributed by atoms with E-state index in [0.29, 0.717) is 0 Å². The van der Waals surface area contributed by atoms with Gasteiger partial charge in [-0.15, -0.1) is 0 Å². The van der Waals surface area contributed by atoms with E-state index >= 15 is 0 Å². The van der Waals surface area contributed by atoms with Crippen molar-refractivity contribution in [1.29, 1.82) is 0 Å². The Morgan fingerprint density at radius 2 is 2.19 bits per heavy atom. The molecule has 7 nitrogen and oxygen atoms in total. The molecular weight excluding hydrogens is 332 g/mol. The van der Waals surface area contributed by atoms with E-state index in [1.807, 2.05) is 42.6 Å². The number of nitrogens with one attached hydrogen (secondary N) is 3. The molecular formula is C19H20N4O3. The van der Waals surface area contributed by atoms with Gasteiger partial charge in [0.1, 0.15) is 5.65 Å². The zero-order valence-corrected chi connectivity index (χ0v) is 14.0. The Morgan fingerprint density at radius 1 is 1.31 bits per heavy atom. The van der Waals surface area contributed by atoms with Crippen LogP contribution in [-0.2, 0) is 0 Å². The maximum Gasteiger partial charge on any atom is 0.151 e. The van der Waals surface area contributed by atoms with Crippen molar-refractivity contribution in [2.45, 2.75) is 12.3 Å². The van der Waals surface area contributed by atoms with Crippen LogP contribution in [0.25, 0.3) is 22.7 Å². The molecule has 1 aromatic carbocycles. The molecule has 0 amide bonds. The number of aromatic amines is 1. The number of nitrogens with zero attached hydrogens (tertiary/aromatic N) is 1. The number of anilines is 2. The van der Waals surface area contributed by atoms with Gasteiger partial charge in [0, 0.05) is 52.4 Å². The van der Waals surface area contributed by atoms with E-state index in [9.17, 15) is 10.2 Å². The van der Waals surface area contributed by atoms with Crippen LogP contribution in [0.1, 0.15) is 11.1 Å². The summed E-state index contributed by atoms with van der Waals surface area (Å²) in [6, 6.07) is 9.52. The highest BCUT2D eigenvalue weighted by molar-refractivity contribution is 5.99. The number of rotatable bonds is 5. The highest BCUT2D eigenvalue weighted by atomic mass is 16.3. The summed E-state index contributed by atoms with van der Waals surface area (Å²) in [5.74, 6) is 0. The van der Waals surface area contributed by atoms with Crippen molar-refractivity contribution in [2.24, 2.45) is 0 Å². The number of hydrogen-bond donors (Lipinski definition) is 6. The Kier molecular flexibility index (Phi) is 4.34. The van der Waals surface area contributed by atoms with Crippen LogP contribution in [-0.4, -0.2) is 50.8 Å². The van der Waals surface area contributed by atoms with Crippen LogP contribution in [0.4, 0.5) is 11.4 Å². The van der Waals surface area contributed by atoms with E-state index in [-0.39, 0.29) is 13.2 Å². The van der Waals surface area contributed by atoms with Crippen LogP contribution in [0.5, 0.6) is 0 Å². The van der Waals surface area contributed by atoms with Crippen molar-refractivity contribution >= 4 is 34.1 Å². The first-order valence-electron chi connectivity index (χ1n) is 8.41. The van der Waals surface area contributed by atoms with Crippen LogP contribution in [0.2, 0.25) is 0 Å². The molecule has 0 spiro atoms. The third-order valence-corrected chi connectivity index (χ3v) is 4.46. The van der Waals surface area contributed by atoms with Gasteiger partial charge in [-0.3, -0.25) is 0 Å². The second-order valence-electron chi connectivity index (χ2n) is 6.27.